The van der Waals surface area contributed by atoms with Gasteiger partial charge in [0.2, 0.25) is 0 Å². The highest BCUT2D eigenvalue weighted by atomic mass is 79.9. The third-order valence-electron chi connectivity index (χ3n) is 2.32. The van der Waals surface area contributed by atoms with Gasteiger partial charge in [0.25, 0.3) is 0 Å². The van der Waals surface area contributed by atoms with Crippen molar-refractivity contribution in [1.29, 1.82) is 0 Å². The Bertz CT molecular complexity index is 495. The molecule has 0 radical (unpaired) electrons. The molecule has 0 aliphatic carbocycles. The van der Waals surface area contributed by atoms with Crippen molar-refractivity contribution in [2.24, 2.45) is 0 Å². The van der Waals surface area contributed by atoms with Crippen molar-refractivity contribution in [1.82, 2.24) is 14.5 Å². The molecule has 0 unspecified atom stereocenters. The molecule has 0 amide bonds. The smallest absolute Gasteiger partial charge is 0.169 e. The van der Waals surface area contributed by atoms with Crippen LogP contribution in [0.15, 0.2) is 34.2 Å². The van der Waals surface area contributed by atoms with Crippen molar-refractivity contribution in [2.75, 3.05) is 5.75 Å². The van der Waals surface area contributed by atoms with Crippen molar-refractivity contribution in [2.45, 2.75) is 11.7 Å². The number of thioether (sulfide) groups is 1. The van der Waals surface area contributed by atoms with E-state index in [1.54, 1.807) is 18.0 Å². The number of rotatable bonds is 1. The summed E-state index contributed by atoms with van der Waals surface area (Å²) in [5.74, 6) is 1.11. The van der Waals surface area contributed by atoms with Gasteiger partial charge in [-0.2, -0.15) is 0 Å². The van der Waals surface area contributed by atoms with Crippen LogP contribution in [0.1, 0.15) is 0 Å². The lowest BCUT2D eigenvalue weighted by Crippen LogP contribution is -1.93. The van der Waals surface area contributed by atoms with E-state index in [2.05, 4.69) is 30.5 Å². The molecular weight excluding hydrogens is 274 g/mol. The van der Waals surface area contributed by atoms with Gasteiger partial charge in [0.05, 0.1) is 5.69 Å². The van der Waals surface area contributed by atoms with Gasteiger partial charge >= 0.3 is 0 Å². The van der Waals surface area contributed by atoms with Crippen LogP contribution < -0.4 is 0 Å². The van der Waals surface area contributed by atoms with Crippen LogP contribution in [-0.4, -0.2) is 20.3 Å². The molecule has 5 heteroatoms. The summed E-state index contributed by atoms with van der Waals surface area (Å²) >= 11 is 5.38. The number of nitrogens with zero attached hydrogens (tertiary/aromatic N) is 3. The first-order valence-corrected chi connectivity index (χ1v) is 6.44. The number of hydrogen-bond acceptors (Lipinski definition) is 3. The molecule has 3 rings (SSSR count). The van der Waals surface area contributed by atoms with Gasteiger partial charge in [-0.25, -0.2) is 4.98 Å². The molecular formula is C10H8BrN3S. The van der Waals surface area contributed by atoms with Gasteiger partial charge < -0.3 is 4.57 Å². The maximum absolute atomic E-state index is 4.58. The summed E-state index contributed by atoms with van der Waals surface area (Å²) in [4.78, 5) is 8.88. The predicted molar refractivity (Wildman–Crippen MR) is 63.9 cm³/mol. The van der Waals surface area contributed by atoms with Crippen molar-refractivity contribution in [3.63, 3.8) is 0 Å². The normalized spacial score (nSPS) is 14.2. The SMILES string of the molecule is Brc1c(-c2ccccn2)nc2n1CCS2. The molecule has 0 bridgehead atoms. The van der Waals surface area contributed by atoms with Crippen LogP contribution in [0.2, 0.25) is 0 Å². The lowest BCUT2D eigenvalue weighted by atomic mass is 10.3. The Morgan fingerprint density at radius 2 is 2.33 bits per heavy atom. The second-order valence-electron chi connectivity index (χ2n) is 3.25. The second-order valence-corrected chi connectivity index (χ2v) is 5.06. The topological polar surface area (TPSA) is 30.7 Å². The summed E-state index contributed by atoms with van der Waals surface area (Å²) in [5, 5.41) is 1.09. The Morgan fingerprint density at radius 3 is 3.07 bits per heavy atom. The van der Waals surface area contributed by atoms with Crippen LogP contribution in [0.5, 0.6) is 0 Å². The molecule has 0 aromatic carbocycles. The van der Waals surface area contributed by atoms with Gasteiger partial charge in [0.15, 0.2) is 5.16 Å². The summed E-state index contributed by atoms with van der Waals surface area (Å²) < 4.78 is 3.23. The van der Waals surface area contributed by atoms with Gasteiger partial charge in [0.1, 0.15) is 10.3 Å². The standard InChI is InChI=1S/C10H8BrN3S/c11-9-8(7-3-1-2-4-12-7)13-10-14(9)5-6-15-10/h1-4H,5-6H2. The molecule has 76 valence electrons. The summed E-state index contributed by atoms with van der Waals surface area (Å²) in [6, 6.07) is 5.87. The Balaban J connectivity index is 2.14. The first-order chi connectivity index (χ1) is 7.36. The zero-order valence-corrected chi connectivity index (χ0v) is 10.3. The molecule has 0 saturated carbocycles. The molecule has 0 atom stereocenters. The monoisotopic (exact) mass is 281 g/mol. The zero-order chi connectivity index (χ0) is 10.3. The van der Waals surface area contributed by atoms with Gasteiger partial charge in [-0.3, -0.25) is 4.98 Å². The molecule has 15 heavy (non-hydrogen) atoms. The number of pyridine rings is 1. The van der Waals surface area contributed by atoms with Gasteiger partial charge in [-0.15, -0.1) is 0 Å². The maximum Gasteiger partial charge on any atom is 0.169 e. The van der Waals surface area contributed by atoms with E-state index in [4.69, 9.17) is 0 Å². The number of fused-ring (bicyclic) bond motifs is 1. The highest BCUT2D eigenvalue weighted by Crippen LogP contribution is 2.35. The molecule has 1 aliphatic heterocycles. The van der Waals surface area contributed by atoms with E-state index in [1.807, 2.05) is 18.2 Å². The van der Waals surface area contributed by atoms with E-state index in [0.29, 0.717) is 0 Å². The average molecular weight is 282 g/mol. The van der Waals surface area contributed by atoms with E-state index in [1.165, 1.54) is 0 Å². The minimum Gasteiger partial charge on any atom is -0.312 e. The molecule has 2 aromatic rings. The summed E-state index contributed by atoms with van der Waals surface area (Å²) in [5.41, 5.74) is 1.87. The second kappa shape index (κ2) is 3.64. The third kappa shape index (κ3) is 1.50. The highest BCUT2D eigenvalue weighted by Gasteiger charge is 2.21. The fraction of sp³-hybridized carbons (Fsp3) is 0.200. The molecule has 0 N–H and O–H groups in total. The van der Waals surface area contributed by atoms with E-state index >= 15 is 0 Å². The van der Waals surface area contributed by atoms with Gasteiger partial charge in [0, 0.05) is 18.5 Å². The van der Waals surface area contributed by atoms with Crippen LogP contribution in [0.25, 0.3) is 11.4 Å². The first kappa shape index (κ1) is 9.42. The molecule has 3 nitrogen and oxygen atoms in total. The minimum atomic E-state index is 0.923. The summed E-state index contributed by atoms with van der Waals surface area (Å²) in [7, 11) is 0. The molecule has 0 fully saturated rings. The van der Waals surface area contributed by atoms with Crippen LogP contribution in [0.3, 0.4) is 0 Å². The lowest BCUT2D eigenvalue weighted by Gasteiger charge is -1.98. The van der Waals surface area contributed by atoms with Gasteiger partial charge in [-0.05, 0) is 28.1 Å². The summed E-state index contributed by atoms with van der Waals surface area (Å²) in [6.07, 6.45) is 1.79. The van der Waals surface area contributed by atoms with E-state index < -0.39 is 0 Å². The van der Waals surface area contributed by atoms with Crippen molar-refractivity contribution in [3.05, 3.63) is 29.0 Å². The Labute approximate surface area is 100 Å². The Hall–Kier alpha value is -0.810. The largest absolute Gasteiger partial charge is 0.312 e. The zero-order valence-electron chi connectivity index (χ0n) is 7.85. The number of aromatic nitrogens is 3. The fourth-order valence-corrected chi connectivity index (χ4v) is 3.32. The van der Waals surface area contributed by atoms with Crippen LogP contribution in [0, 0.1) is 0 Å². The lowest BCUT2D eigenvalue weighted by molar-refractivity contribution is 0.705. The maximum atomic E-state index is 4.58. The highest BCUT2D eigenvalue weighted by molar-refractivity contribution is 9.10. The Kier molecular flexibility index (Phi) is 2.29. The van der Waals surface area contributed by atoms with E-state index in [0.717, 1.165) is 33.4 Å². The molecule has 0 spiro atoms. The van der Waals surface area contributed by atoms with Crippen molar-refractivity contribution in [3.8, 4) is 11.4 Å². The predicted octanol–water partition coefficient (Wildman–Crippen LogP) is 2.81. The average Bonchev–Trinajstić information content (AvgIpc) is 2.83. The van der Waals surface area contributed by atoms with Crippen molar-refractivity contribution >= 4 is 27.7 Å². The van der Waals surface area contributed by atoms with Crippen LogP contribution in [-0.2, 0) is 6.54 Å². The first-order valence-electron chi connectivity index (χ1n) is 4.66. The third-order valence-corrected chi connectivity index (χ3v) is 4.08. The van der Waals surface area contributed by atoms with E-state index in [-0.39, 0.29) is 0 Å². The number of hydrogen-bond donors (Lipinski definition) is 0. The number of imidazole rings is 1. The quantitative estimate of drug-likeness (QED) is 0.805. The molecule has 0 saturated heterocycles. The molecule has 3 heterocycles. The van der Waals surface area contributed by atoms with Crippen LogP contribution in [0.4, 0.5) is 0 Å². The van der Waals surface area contributed by atoms with Gasteiger partial charge in [-0.1, -0.05) is 17.8 Å². The number of halogens is 1. The summed E-state index contributed by atoms with van der Waals surface area (Å²) in [6.45, 7) is 1.03. The fourth-order valence-electron chi connectivity index (χ4n) is 1.61. The van der Waals surface area contributed by atoms with Crippen molar-refractivity contribution < 1.29 is 0 Å². The Morgan fingerprint density at radius 1 is 1.40 bits per heavy atom. The molecule has 2 aromatic heterocycles. The van der Waals surface area contributed by atoms with E-state index in [9.17, 15) is 0 Å². The molecule has 1 aliphatic rings. The van der Waals surface area contributed by atoms with Crippen LogP contribution >= 0.6 is 27.7 Å². The minimum absolute atomic E-state index is 0.923.